The summed E-state index contributed by atoms with van der Waals surface area (Å²) in [4.78, 5) is 12.6. The van der Waals surface area contributed by atoms with Crippen molar-refractivity contribution in [3.05, 3.63) is 71.2 Å². The number of rotatable bonds is 4. The van der Waals surface area contributed by atoms with Crippen molar-refractivity contribution in [3.63, 3.8) is 0 Å². The predicted molar refractivity (Wildman–Crippen MR) is 109 cm³/mol. The minimum absolute atomic E-state index is 0.208. The molecule has 6 nitrogen and oxygen atoms in total. The van der Waals surface area contributed by atoms with E-state index in [0.717, 1.165) is 28.3 Å². The molecule has 0 radical (unpaired) electrons. The van der Waals surface area contributed by atoms with Crippen LogP contribution in [0.25, 0.3) is 11.8 Å². The van der Waals surface area contributed by atoms with Crippen molar-refractivity contribution in [2.45, 2.75) is 11.5 Å². The number of hydrogen-bond donors (Lipinski definition) is 1. The SMILES string of the molecule is O=C(C=Cc1ccc2c(c1)OCO2)Nc1c2c(nn1-c1ccc(F)cc1)CSC2. The first-order valence-electron chi connectivity index (χ1n) is 9.00. The number of hydrogen-bond acceptors (Lipinski definition) is 5. The monoisotopic (exact) mass is 409 g/mol. The summed E-state index contributed by atoms with van der Waals surface area (Å²) in [5.74, 6) is 2.96. The molecule has 0 atom stereocenters. The molecule has 2 aliphatic heterocycles. The average Bonchev–Trinajstić information content (AvgIpc) is 3.44. The molecule has 0 aliphatic carbocycles. The standard InChI is InChI=1S/C21H16FN3O3S/c22-14-3-5-15(6-4-14)25-21(16-10-29-11-17(16)24-25)23-20(26)8-2-13-1-7-18-19(9-13)28-12-27-18/h1-9H,10-12H2,(H,23,26). The molecular formula is C21H16FN3O3S. The Morgan fingerprint density at radius 3 is 2.83 bits per heavy atom. The number of nitrogens with zero attached hydrogens (tertiary/aromatic N) is 2. The second kappa shape index (κ2) is 7.29. The molecule has 2 aromatic carbocycles. The van der Waals surface area contributed by atoms with E-state index in [1.165, 1.54) is 18.2 Å². The number of amides is 1. The predicted octanol–water partition coefficient (Wildman–Crippen LogP) is 4.14. The van der Waals surface area contributed by atoms with Gasteiger partial charge in [0.15, 0.2) is 11.5 Å². The highest BCUT2D eigenvalue weighted by Crippen LogP contribution is 2.36. The van der Waals surface area contributed by atoms with Crippen LogP contribution in [0.15, 0.2) is 48.5 Å². The molecule has 146 valence electrons. The largest absolute Gasteiger partial charge is 0.454 e. The zero-order valence-corrected chi connectivity index (χ0v) is 16.0. The minimum Gasteiger partial charge on any atom is -0.454 e. The lowest BCUT2D eigenvalue weighted by atomic mass is 10.2. The number of ether oxygens (including phenoxy) is 2. The van der Waals surface area contributed by atoms with Crippen LogP contribution in [-0.2, 0) is 16.3 Å². The first-order chi connectivity index (χ1) is 14.2. The van der Waals surface area contributed by atoms with Crippen LogP contribution in [0.1, 0.15) is 16.8 Å². The summed E-state index contributed by atoms with van der Waals surface area (Å²) in [6.07, 6.45) is 3.18. The van der Waals surface area contributed by atoms with Crippen molar-refractivity contribution >= 4 is 29.6 Å². The number of aromatic nitrogens is 2. The minimum atomic E-state index is -0.318. The smallest absolute Gasteiger partial charge is 0.249 e. The van der Waals surface area contributed by atoms with Gasteiger partial charge in [-0.2, -0.15) is 16.9 Å². The normalized spacial score (nSPS) is 14.4. The second-order valence-electron chi connectivity index (χ2n) is 6.59. The van der Waals surface area contributed by atoms with Crippen molar-refractivity contribution in [2.75, 3.05) is 12.1 Å². The zero-order chi connectivity index (χ0) is 19.8. The molecule has 0 spiro atoms. The topological polar surface area (TPSA) is 65.4 Å². The number of carbonyl (C=O) groups is 1. The summed E-state index contributed by atoms with van der Waals surface area (Å²) in [7, 11) is 0. The number of halogens is 1. The van der Waals surface area contributed by atoms with Gasteiger partial charge in [0, 0.05) is 23.1 Å². The number of nitrogens with one attached hydrogen (secondary N) is 1. The maximum Gasteiger partial charge on any atom is 0.249 e. The summed E-state index contributed by atoms with van der Waals surface area (Å²) in [6.45, 7) is 0.208. The first-order valence-corrected chi connectivity index (χ1v) is 10.2. The van der Waals surface area contributed by atoms with E-state index in [4.69, 9.17) is 9.47 Å². The maximum atomic E-state index is 13.3. The van der Waals surface area contributed by atoms with Gasteiger partial charge in [-0.1, -0.05) is 6.07 Å². The third kappa shape index (κ3) is 3.47. The second-order valence-corrected chi connectivity index (χ2v) is 7.58. The summed E-state index contributed by atoms with van der Waals surface area (Å²) >= 11 is 1.75. The van der Waals surface area contributed by atoms with Crippen molar-refractivity contribution < 1.29 is 18.7 Å². The van der Waals surface area contributed by atoms with Crippen LogP contribution in [0.2, 0.25) is 0 Å². The quantitative estimate of drug-likeness (QED) is 0.656. The maximum absolute atomic E-state index is 13.3. The van der Waals surface area contributed by atoms with Gasteiger partial charge in [0.1, 0.15) is 11.6 Å². The fraction of sp³-hybridized carbons (Fsp3) is 0.143. The van der Waals surface area contributed by atoms with Gasteiger partial charge in [-0.05, 0) is 48.0 Å². The third-order valence-electron chi connectivity index (χ3n) is 4.69. The van der Waals surface area contributed by atoms with Crippen LogP contribution in [0.4, 0.5) is 10.2 Å². The van der Waals surface area contributed by atoms with Crippen molar-refractivity contribution in [2.24, 2.45) is 0 Å². The Bertz CT molecular complexity index is 1120. The van der Waals surface area contributed by atoms with Gasteiger partial charge in [-0.15, -0.1) is 0 Å². The number of fused-ring (bicyclic) bond motifs is 2. The van der Waals surface area contributed by atoms with E-state index >= 15 is 0 Å². The lowest BCUT2D eigenvalue weighted by Gasteiger charge is -2.10. The highest BCUT2D eigenvalue weighted by Gasteiger charge is 2.24. The van der Waals surface area contributed by atoms with Gasteiger partial charge in [0.2, 0.25) is 12.7 Å². The molecule has 29 heavy (non-hydrogen) atoms. The Morgan fingerprint density at radius 2 is 1.97 bits per heavy atom. The van der Waals surface area contributed by atoms with Gasteiger partial charge in [0.05, 0.1) is 11.4 Å². The van der Waals surface area contributed by atoms with Crippen LogP contribution < -0.4 is 14.8 Å². The van der Waals surface area contributed by atoms with Gasteiger partial charge in [0.25, 0.3) is 0 Å². The number of thioether (sulfide) groups is 1. The molecular weight excluding hydrogens is 393 g/mol. The Kier molecular flexibility index (Phi) is 4.48. The fourth-order valence-corrected chi connectivity index (χ4v) is 4.29. The van der Waals surface area contributed by atoms with E-state index in [0.29, 0.717) is 23.0 Å². The van der Waals surface area contributed by atoms with E-state index in [-0.39, 0.29) is 18.5 Å². The van der Waals surface area contributed by atoms with E-state index in [1.54, 1.807) is 34.7 Å². The van der Waals surface area contributed by atoms with E-state index < -0.39 is 0 Å². The Balaban J connectivity index is 1.39. The molecule has 0 fully saturated rings. The Labute approximate surface area is 170 Å². The molecule has 0 saturated carbocycles. The van der Waals surface area contributed by atoms with Crippen molar-refractivity contribution in [1.82, 2.24) is 9.78 Å². The molecule has 1 aromatic heterocycles. The summed E-state index contributed by atoms with van der Waals surface area (Å²) in [6, 6.07) is 11.5. The Hall–Kier alpha value is -3.26. The third-order valence-corrected chi connectivity index (χ3v) is 5.66. The first kappa shape index (κ1) is 17.8. The molecule has 2 aliphatic rings. The number of benzene rings is 2. The van der Waals surface area contributed by atoms with Crippen LogP contribution in [0.5, 0.6) is 11.5 Å². The van der Waals surface area contributed by atoms with Gasteiger partial charge < -0.3 is 14.8 Å². The molecule has 0 saturated heterocycles. The van der Waals surface area contributed by atoms with Crippen LogP contribution >= 0.6 is 11.8 Å². The Morgan fingerprint density at radius 1 is 1.14 bits per heavy atom. The van der Waals surface area contributed by atoms with Gasteiger partial charge in [-0.3, -0.25) is 4.79 Å². The van der Waals surface area contributed by atoms with Crippen LogP contribution in [0.3, 0.4) is 0 Å². The molecule has 0 unspecified atom stereocenters. The summed E-state index contributed by atoms with van der Waals surface area (Å²) in [5, 5.41) is 7.54. The highest BCUT2D eigenvalue weighted by molar-refractivity contribution is 7.98. The fourth-order valence-electron chi connectivity index (χ4n) is 3.26. The highest BCUT2D eigenvalue weighted by atomic mass is 32.2. The molecule has 3 aromatic rings. The number of carbonyl (C=O) groups excluding carboxylic acids is 1. The van der Waals surface area contributed by atoms with Crippen LogP contribution in [-0.4, -0.2) is 22.5 Å². The summed E-state index contributed by atoms with van der Waals surface area (Å²) < 4.78 is 25.6. The summed E-state index contributed by atoms with van der Waals surface area (Å²) in [5.41, 5.74) is 3.47. The molecule has 1 N–H and O–H groups in total. The van der Waals surface area contributed by atoms with E-state index in [9.17, 15) is 9.18 Å². The van der Waals surface area contributed by atoms with Crippen LogP contribution in [0, 0.1) is 5.82 Å². The van der Waals surface area contributed by atoms with E-state index in [2.05, 4.69) is 10.4 Å². The molecule has 0 bridgehead atoms. The lowest BCUT2D eigenvalue weighted by Crippen LogP contribution is -2.13. The molecule has 1 amide bonds. The average molecular weight is 409 g/mol. The van der Waals surface area contributed by atoms with E-state index in [1.807, 2.05) is 18.2 Å². The zero-order valence-electron chi connectivity index (χ0n) is 15.2. The molecule has 3 heterocycles. The number of anilines is 1. The lowest BCUT2D eigenvalue weighted by molar-refractivity contribution is -0.111. The van der Waals surface area contributed by atoms with Crippen molar-refractivity contribution in [3.8, 4) is 17.2 Å². The molecule has 8 heteroatoms. The molecule has 5 rings (SSSR count). The van der Waals surface area contributed by atoms with Gasteiger partial charge in [-0.25, -0.2) is 9.07 Å². The van der Waals surface area contributed by atoms with Gasteiger partial charge >= 0.3 is 0 Å². The van der Waals surface area contributed by atoms with Crippen molar-refractivity contribution in [1.29, 1.82) is 0 Å².